The molecule has 1 heterocycles. The highest BCUT2D eigenvalue weighted by Gasteiger charge is 2.23. The third-order valence-electron chi connectivity index (χ3n) is 3.29. The minimum Gasteiger partial charge on any atom is -0.493 e. The predicted octanol–water partition coefficient (Wildman–Crippen LogP) is 4.12. The Morgan fingerprint density at radius 3 is 2.89 bits per heavy atom. The summed E-state index contributed by atoms with van der Waals surface area (Å²) >= 11 is 9.57. The van der Waals surface area contributed by atoms with Crippen molar-refractivity contribution in [2.45, 2.75) is 12.5 Å². The topological polar surface area (TPSA) is 29.5 Å². The number of aliphatic hydroxyl groups is 1. The average Bonchev–Trinajstić information content (AvgIpc) is 2.89. The van der Waals surface area contributed by atoms with E-state index in [-0.39, 0.29) is 0 Å². The lowest BCUT2D eigenvalue weighted by atomic mass is 9.98. The lowest BCUT2D eigenvalue weighted by molar-refractivity contribution is 0.214. The molecule has 0 fully saturated rings. The van der Waals surface area contributed by atoms with Gasteiger partial charge in [-0.25, -0.2) is 0 Å². The molecule has 19 heavy (non-hydrogen) atoms. The SMILES string of the molecule is OC(c1cc(Br)ccc1Cl)c1cccc2c1OCC2. The van der Waals surface area contributed by atoms with Gasteiger partial charge in [0.25, 0.3) is 0 Å². The van der Waals surface area contributed by atoms with Gasteiger partial charge in [-0.05, 0) is 23.8 Å². The van der Waals surface area contributed by atoms with Crippen LogP contribution in [0.1, 0.15) is 22.8 Å². The van der Waals surface area contributed by atoms with Crippen LogP contribution in [0.2, 0.25) is 5.02 Å². The Morgan fingerprint density at radius 1 is 1.21 bits per heavy atom. The molecule has 0 saturated carbocycles. The second-order valence-electron chi connectivity index (χ2n) is 4.50. The molecule has 0 bridgehead atoms. The molecule has 1 atom stereocenters. The second kappa shape index (κ2) is 5.16. The summed E-state index contributed by atoms with van der Waals surface area (Å²) in [6.45, 7) is 0.672. The lowest BCUT2D eigenvalue weighted by Gasteiger charge is -2.16. The van der Waals surface area contributed by atoms with Gasteiger partial charge in [0.1, 0.15) is 11.9 Å². The van der Waals surface area contributed by atoms with Crippen LogP contribution in [-0.2, 0) is 6.42 Å². The van der Waals surface area contributed by atoms with Crippen LogP contribution in [0.15, 0.2) is 40.9 Å². The first kappa shape index (κ1) is 13.0. The normalized spacial score (nSPS) is 14.9. The molecule has 98 valence electrons. The molecule has 1 unspecified atom stereocenters. The molecule has 4 heteroatoms. The van der Waals surface area contributed by atoms with Gasteiger partial charge >= 0.3 is 0 Å². The maximum atomic E-state index is 10.6. The molecule has 1 aliphatic rings. The van der Waals surface area contributed by atoms with Gasteiger partial charge in [-0.1, -0.05) is 45.7 Å². The van der Waals surface area contributed by atoms with Gasteiger partial charge in [0, 0.05) is 27.0 Å². The fourth-order valence-corrected chi connectivity index (χ4v) is 2.95. The van der Waals surface area contributed by atoms with Gasteiger partial charge in [0.2, 0.25) is 0 Å². The van der Waals surface area contributed by atoms with Crippen molar-refractivity contribution in [3.8, 4) is 5.75 Å². The van der Waals surface area contributed by atoms with Gasteiger partial charge in [0.15, 0.2) is 0 Å². The van der Waals surface area contributed by atoms with E-state index in [1.165, 1.54) is 0 Å². The number of benzene rings is 2. The minimum atomic E-state index is -0.780. The number of ether oxygens (including phenoxy) is 1. The van der Waals surface area contributed by atoms with E-state index in [9.17, 15) is 5.11 Å². The summed E-state index contributed by atoms with van der Waals surface area (Å²) in [5, 5.41) is 11.1. The number of halogens is 2. The molecule has 0 aromatic heterocycles. The molecule has 2 aromatic rings. The summed E-state index contributed by atoms with van der Waals surface area (Å²) in [7, 11) is 0. The fourth-order valence-electron chi connectivity index (χ4n) is 2.35. The molecular formula is C15H12BrClO2. The summed E-state index contributed by atoms with van der Waals surface area (Å²) in [5.41, 5.74) is 2.60. The highest BCUT2D eigenvalue weighted by molar-refractivity contribution is 9.10. The predicted molar refractivity (Wildman–Crippen MR) is 78.9 cm³/mol. The van der Waals surface area contributed by atoms with Crippen molar-refractivity contribution >= 4 is 27.5 Å². The molecule has 1 aliphatic heterocycles. The highest BCUT2D eigenvalue weighted by Crippen LogP contribution is 2.38. The third kappa shape index (κ3) is 2.38. The van der Waals surface area contributed by atoms with E-state index in [4.69, 9.17) is 16.3 Å². The number of rotatable bonds is 2. The molecule has 0 spiro atoms. The second-order valence-corrected chi connectivity index (χ2v) is 5.83. The maximum Gasteiger partial charge on any atom is 0.128 e. The Labute approximate surface area is 125 Å². The van der Waals surface area contributed by atoms with Gasteiger partial charge in [-0.3, -0.25) is 0 Å². The molecule has 0 saturated heterocycles. The summed E-state index contributed by atoms with van der Waals surface area (Å²) in [6, 6.07) is 11.3. The first-order chi connectivity index (χ1) is 9.16. The standard InChI is InChI=1S/C15H12BrClO2/c16-10-4-5-13(17)12(8-10)14(18)11-3-1-2-9-6-7-19-15(9)11/h1-5,8,14,18H,6-7H2. The van der Waals surface area contributed by atoms with Crippen LogP contribution in [0.5, 0.6) is 5.75 Å². The first-order valence-corrected chi connectivity index (χ1v) is 7.21. The zero-order valence-electron chi connectivity index (χ0n) is 10.1. The van der Waals surface area contributed by atoms with Crippen LogP contribution in [0.4, 0.5) is 0 Å². The minimum absolute atomic E-state index is 0.548. The van der Waals surface area contributed by atoms with E-state index in [2.05, 4.69) is 15.9 Å². The van der Waals surface area contributed by atoms with Crippen molar-refractivity contribution < 1.29 is 9.84 Å². The largest absolute Gasteiger partial charge is 0.493 e. The fraction of sp³-hybridized carbons (Fsp3) is 0.200. The number of fused-ring (bicyclic) bond motifs is 1. The number of hydrogen-bond donors (Lipinski definition) is 1. The Bertz CT molecular complexity index is 628. The molecular weight excluding hydrogens is 328 g/mol. The van der Waals surface area contributed by atoms with Gasteiger partial charge in [-0.2, -0.15) is 0 Å². The summed E-state index contributed by atoms with van der Waals surface area (Å²) in [5.74, 6) is 0.797. The Balaban J connectivity index is 2.07. The number of hydrogen-bond acceptors (Lipinski definition) is 2. The van der Waals surface area contributed by atoms with Gasteiger partial charge < -0.3 is 9.84 Å². The van der Waals surface area contributed by atoms with Crippen molar-refractivity contribution in [2.75, 3.05) is 6.61 Å². The highest BCUT2D eigenvalue weighted by atomic mass is 79.9. The monoisotopic (exact) mass is 338 g/mol. The van der Waals surface area contributed by atoms with Crippen molar-refractivity contribution in [1.82, 2.24) is 0 Å². The van der Waals surface area contributed by atoms with Crippen molar-refractivity contribution in [3.05, 3.63) is 62.6 Å². The molecule has 0 aliphatic carbocycles. The van der Waals surface area contributed by atoms with Crippen LogP contribution in [0.3, 0.4) is 0 Å². The third-order valence-corrected chi connectivity index (χ3v) is 4.13. The first-order valence-electron chi connectivity index (χ1n) is 6.04. The Hall–Kier alpha value is -1.03. The van der Waals surface area contributed by atoms with Crippen LogP contribution < -0.4 is 4.74 Å². The average molecular weight is 340 g/mol. The summed E-state index contributed by atoms with van der Waals surface area (Å²) in [4.78, 5) is 0. The molecule has 0 radical (unpaired) electrons. The van der Waals surface area contributed by atoms with Crippen LogP contribution in [0.25, 0.3) is 0 Å². The summed E-state index contributed by atoms with van der Waals surface area (Å²) < 4.78 is 6.52. The molecule has 0 amide bonds. The number of aliphatic hydroxyl groups excluding tert-OH is 1. The van der Waals surface area contributed by atoms with Crippen LogP contribution >= 0.6 is 27.5 Å². The van der Waals surface area contributed by atoms with E-state index >= 15 is 0 Å². The van der Waals surface area contributed by atoms with E-state index in [0.717, 1.165) is 27.8 Å². The van der Waals surface area contributed by atoms with Crippen molar-refractivity contribution in [1.29, 1.82) is 0 Å². The summed E-state index contributed by atoms with van der Waals surface area (Å²) in [6.07, 6.45) is 0.111. The molecule has 2 aromatic carbocycles. The van der Waals surface area contributed by atoms with Crippen molar-refractivity contribution in [2.24, 2.45) is 0 Å². The zero-order chi connectivity index (χ0) is 13.4. The smallest absolute Gasteiger partial charge is 0.128 e. The van der Waals surface area contributed by atoms with Crippen molar-refractivity contribution in [3.63, 3.8) is 0 Å². The quantitative estimate of drug-likeness (QED) is 0.892. The molecule has 2 nitrogen and oxygen atoms in total. The van der Waals surface area contributed by atoms with Crippen LogP contribution in [0, 0.1) is 0 Å². The maximum absolute atomic E-state index is 10.6. The van der Waals surface area contributed by atoms with E-state index in [1.807, 2.05) is 30.3 Å². The van der Waals surface area contributed by atoms with E-state index in [0.29, 0.717) is 17.2 Å². The zero-order valence-corrected chi connectivity index (χ0v) is 12.4. The molecule has 1 N–H and O–H groups in total. The van der Waals surface area contributed by atoms with E-state index < -0.39 is 6.10 Å². The van der Waals surface area contributed by atoms with Crippen LogP contribution in [-0.4, -0.2) is 11.7 Å². The van der Waals surface area contributed by atoms with E-state index in [1.54, 1.807) is 6.07 Å². The Kier molecular flexibility index (Phi) is 3.52. The lowest BCUT2D eigenvalue weighted by Crippen LogP contribution is -2.03. The Morgan fingerprint density at radius 2 is 2.05 bits per heavy atom. The molecule has 3 rings (SSSR count). The van der Waals surface area contributed by atoms with Gasteiger partial charge in [-0.15, -0.1) is 0 Å². The van der Waals surface area contributed by atoms with Gasteiger partial charge in [0.05, 0.1) is 6.61 Å². The number of para-hydroxylation sites is 1.